The number of halogens is 2. The number of urea groups is 1. The zero-order chi connectivity index (χ0) is 20.8. The molecule has 0 saturated carbocycles. The van der Waals surface area contributed by atoms with Gasteiger partial charge in [0.2, 0.25) is 0 Å². The Morgan fingerprint density at radius 3 is 2.90 bits per heavy atom. The average molecular weight is 419 g/mol. The maximum absolute atomic E-state index is 13.9. The Balaban J connectivity index is 1.56. The number of fused-ring (bicyclic) bond motifs is 2. The molecule has 0 bridgehead atoms. The van der Waals surface area contributed by atoms with Crippen LogP contribution in [0.25, 0.3) is 0 Å². The van der Waals surface area contributed by atoms with Crippen molar-refractivity contribution in [3.8, 4) is 5.75 Å². The van der Waals surface area contributed by atoms with E-state index in [9.17, 15) is 14.3 Å². The fourth-order valence-electron chi connectivity index (χ4n) is 4.18. The van der Waals surface area contributed by atoms with Gasteiger partial charge in [0.25, 0.3) is 0 Å². The molecule has 2 amide bonds. The van der Waals surface area contributed by atoms with Crippen molar-refractivity contribution in [3.05, 3.63) is 57.9 Å². The Morgan fingerprint density at radius 2 is 2.10 bits per heavy atom. The number of nitrogens with one attached hydrogen (secondary N) is 2. The summed E-state index contributed by atoms with van der Waals surface area (Å²) < 4.78 is 19.8. The molecule has 0 radical (unpaired) electrons. The molecule has 0 spiro atoms. The van der Waals surface area contributed by atoms with Crippen molar-refractivity contribution in [2.45, 2.75) is 57.3 Å². The highest BCUT2D eigenvalue weighted by Gasteiger charge is 2.36. The SMILES string of the molecule is CC1(C)C[C@@H](NC(=O)Nc2cccc3c2C[C@H](O)CC3)c2ccc(F)c(Cl)c2O1. The summed E-state index contributed by atoms with van der Waals surface area (Å²) in [4.78, 5) is 12.8. The molecular formula is C22H24ClFN2O3. The number of carbonyl (C=O) groups is 1. The second-order valence-corrected chi connectivity index (χ2v) is 8.71. The molecule has 29 heavy (non-hydrogen) atoms. The van der Waals surface area contributed by atoms with E-state index in [1.807, 2.05) is 32.0 Å². The van der Waals surface area contributed by atoms with E-state index in [1.54, 1.807) is 6.07 Å². The number of benzene rings is 2. The largest absolute Gasteiger partial charge is 0.486 e. The first-order valence-corrected chi connectivity index (χ1v) is 10.1. The van der Waals surface area contributed by atoms with E-state index in [4.69, 9.17) is 16.3 Å². The molecule has 154 valence electrons. The van der Waals surface area contributed by atoms with Gasteiger partial charge in [-0.15, -0.1) is 0 Å². The maximum atomic E-state index is 13.9. The van der Waals surface area contributed by atoms with E-state index in [0.717, 1.165) is 24.0 Å². The number of aryl methyl sites for hydroxylation is 1. The third-order valence-corrected chi connectivity index (χ3v) is 5.90. The van der Waals surface area contributed by atoms with Crippen LogP contribution in [0.2, 0.25) is 5.02 Å². The molecule has 7 heteroatoms. The van der Waals surface area contributed by atoms with Crippen LogP contribution in [0.3, 0.4) is 0 Å². The van der Waals surface area contributed by atoms with Crippen LogP contribution in [0, 0.1) is 5.82 Å². The monoisotopic (exact) mass is 418 g/mol. The number of rotatable bonds is 2. The molecule has 0 fully saturated rings. The first-order valence-electron chi connectivity index (χ1n) is 9.77. The van der Waals surface area contributed by atoms with E-state index >= 15 is 0 Å². The van der Waals surface area contributed by atoms with Crippen molar-refractivity contribution in [3.63, 3.8) is 0 Å². The third-order valence-electron chi connectivity index (χ3n) is 5.54. The van der Waals surface area contributed by atoms with Gasteiger partial charge in [0, 0.05) is 24.1 Å². The molecule has 2 aromatic rings. The summed E-state index contributed by atoms with van der Waals surface area (Å²) >= 11 is 6.11. The molecule has 0 saturated heterocycles. The smallest absolute Gasteiger partial charge is 0.319 e. The first-order chi connectivity index (χ1) is 13.7. The highest BCUT2D eigenvalue weighted by atomic mass is 35.5. The Bertz CT molecular complexity index is 963. The van der Waals surface area contributed by atoms with Crippen molar-refractivity contribution in [1.82, 2.24) is 5.32 Å². The van der Waals surface area contributed by atoms with Gasteiger partial charge in [-0.3, -0.25) is 0 Å². The molecule has 2 atom stereocenters. The fraction of sp³-hybridized carbons (Fsp3) is 0.409. The van der Waals surface area contributed by atoms with E-state index in [-0.39, 0.29) is 22.8 Å². The minimum Gasteiger partial charge on any atom is -0.486 e. The number of amides is 2. The van der Waals surface area contributed by atoms with E-state index in [2.05, 4.69) is 10.6 Å². The predicted molar refractivity (Wildman–Crippen MR) is 110 cm³/mol. The van der Waals surface area contributed by atoms with Gasteiger partial charge in [0.05, 0.1) is 12.1 Å². The third kappa shape index (κ3) is 4.05. The predicted octanol–water partition coefficient (Wildman–Crippen LogP) is 4.75. The molecular weight excluding hydrogens is 395 g/mol. The van der Waals surface area contributed by atoms with Crippen LogP contribution >= 0.6 is 11.6 Å². The number of aliphatic hydroxyl groups excluding tert-OH is 1. The van der Waals surface area contributed by atoms with Crippen molar-refractivity contribution >= 4 is 23.3 Å². The van der Waals surface area contributed by atoms with Gasteiger partial charge in [-0.1, -0.05) is 29.8 Å². The van der Waals surface area contributed by atoms with Gasteiger partial charge in [0.15, 0.2) is 0 Å². The summed E-state index contributed by atoms with van der Waals surface area (Å²) in [5, 5.41) is 15.8. The molecule has 0 unspecified atom stereocenters. The van der Waals surface area contributed by atoms with Crippen molar-refractivity contribution in [2.75, 3.05) is 5.32 Å². The Kier molecular flexibility index (Phi) is 5.17. The van der Waals surface area contributed by atoms with Crippen LogP contribution in [0.1, 0.15) is 49.4 Å². The van der Waals surface area contributed by atoms with Crippen LogP contribution in [0.5, 0.6) is 5.75 Å². The lowest BCUT2D eigenvalue weighted by Gasteiger charge is -2.38. The lowest BCUT2D eigenvalue weighted by molar-refractivity contribution is 0.0679. The van der Waals surface area contributed by atoms with Crippen LogP contribution in [-0.4, -0.2) is 22.8 Å². The highest BCUT2D eigenvalue weighted by Crippen LogP contribution is 2.44. The molecule has 2 aliphatic rings. The van der Waals surface area contributed by atoms with Gasteiger partial charge in [-0.2, -0.15) is 0 Å². The molecule has 1 aliphatic carbocycles. The van der Waals surface area contributed by atoms with Gasteiger partial charge in [-0.25, -0.2) is 9.18 Å². The van der Waals surface area contributed by atoms with Gasteiger partial charge >= 0.3 is 6.03 Å². The van der Waals surface area contributed by atoms with Crippen LogP contribution < -0.4 is 15.4 Å². The number of ether oxygens (including phenoxy) is 1. The summed E-state index contributed by atoms with van der Waals surface area (Å²) in [5.41, 5.74) is 2.85. The van der Waals surface area contributed by atoms with Crippen molar-refractivity contribution in [2.24, 2.45) is 0 Å². The zero-order valence-corrected chi connectivity index (χ0v) is 17.1. The summed E-state index contributed by atoms with van der Waals surface area (Å²) in [7, 11) is 0. The number of anilines is 1. The van der Waals surface area contributed by atoms with E-state index in [1.165, 1.54) is 6.07 Å². The quantitative estimate of drug-likeness (QED) is 0.659. The van der Waals surface area contributed by atoms with Crippen molar-refractivity contribution < 1.29 is 19.0 Å². The van der Waals surface area contributed by atoms with E-state index in [0.29, 0.717) is 24.1 Å². The standard InChI is InChI=1S/C22H24ClFN2O3/c1-22(2)11-18(14-8-9-16(24)19(23)20(14)29-22)26-21(28)25-17-5-3-4-12-6-7-13(27)10-15(12)17/h3-5,8-9,13,18,27H,6-7,10-11H2,1-2H3,(H2,25,26,28)/t13-,18-/m1/s1. The molecule has 5 nitrogen and oxygen atoms in total. The topological polar surface area (TPSA) is 70.6 Å². The van der Waals surface area contributed by atoms with E-state index < -0.39 is 17.5 Å². The van der Waals surface area contributed by atoms with Crippen molar-refractivity contribution in [1.29, 1.82) is 0 Å². The molecule has 0 aromatic heterocycles. The highest BCUT2D eigenvalue weighted by molar-refractivity contribution is 6.32. The minimum atomic E-state index is -0.613. The lowest BCUT2D eigenvalue weighted by atomic mass is 9.88. The fourth-order valence-corrected chi connectivity index (χ4v) is 4.39. The molecule has 2 aromatic carbocycles. The lowest BCUT2D eigenvalue weighted by Crippen LogP contribution is -2.42. The minimum absolute atomic E-state index is 0.0754. The van der Waals surface area contributed by atoms with Crippen LogP contribution in [-0.2, 0) is 12.8 Å². The number of hydrogen-bond donors (Lipinski definition) is 3. The Morgan fingerprint density at radius 1 is 1.31 bits per heavy atom. The summed E-state index contributed by atoms with van der Waals surface area (Å²) in [5.74, 6) is -0.283. The average Bonchev–Trinajstić information content (AvgIpc) is 2.65. The molecule has 1 aliphatic heterocycles. The number of aliphatic hydroxyl groups is 1. The number of hydrogen-bond acceptors (Lipinski definition) is 3. The Labute approximate surface area is 174 Å². The second-order valence-electron chi connectivity index (χ2n) is 8.34. The Hall–Kier alpha value is -2.31. The zero-order valence-electron chi connectivity index (χ0n) is 16.4. The number of carbonyl (C=O) groups excluding carboxylic acids is 1. The first kappa shape index (κ1) is 20.0. The molecule has 1 heterocycles. The summed E-state index contributed by atoms with van der Waals surface area (Å²) in [6.45, 7) is 3.75. The maximum Gasteiger partial charge on any atom is 0.319 e. The molecule has 4 rings (SSSR count). The van der Waals surface area contributed by atoms with Gasteiger partial charge < -0.3 is 20.5 Å². The molecule has 3 N–H and O–H groups in total. The van der Waals surface area contributed by atoms with Crippen LogP contribution in [0.15, 0.2) is 30.3 Å². The van der Waals surface area contributed by atoms with Crippen LogP contribution in [0.4, 0.5) is 14.9 Å². The normalized spacial score (nSPS) is 22.1. The summed E-state index contributed by atoms with van der Waals surface area (Å²) in [6, 6.07) is 7.90. The van der Waals surface area contributed by atoms with Gasteiger partial charge in [0.1, 0.15) is 22.2 Å². The van der Waals surface area contributed by atoms with Gasteiger partial charge in [-0.05, 0) is 49.9 Å². The second kappa shape index (κ2) is 7.50. The summed E-state index contributed by atoms with van der Waals surface area (Å²) in [6.07, 6.45) is 2.16.